The molecule has 1 atom stereocenters. The Labute approximate surface area is 149 Å². The van der Waals surface area contributed by atoms with Gasteiger partial charge in [0.1, 0.15) is 11.5 Å². The van der Waals surface area contributed by atoms with Crippen molar-refractivity contribution in [3.05, 3.63) is 47.5 Å². The number of carbonyl (C=O) groups is 1. The van der Waals surface area contributed by atoms with Gasteiger partial charge in [0.15, 0.2) is 0 Å². The first-order valence-electron chi connectivity index (χ1n) is 8.55. The van der Waals surface area contributed by atoms with Crippen molar-refractivity contribution >= 4 is 17.2 Å². The van der Waals surface area contributed by atoms with Gasteiger partial charge in [0.25, 0.3) is 5.91 Å². The number of fused-ring (bicyclic) bond motifs is 2. The zero-order chi connectivity index (χ0) is 17.0. The van der Waals surface area contributed by atoms with E-state index in [9.17, 15) is 4.79 Å². The highest BCUT2D eigenvalue weighted by Gasteiger charge is 2.48. The molecule has 128 valence electrons. The maximum Gasteiger partial charge on any atom is 0.274 e. The van der Waals surface area contributed by atoms with Gasteiger partial charge in [-0.2, -0.15) is 5.10 Å². The topological polar surface area (TPSA) is 56.0 Å². The third kappa shape index (κ3) is 2.18. The molecule has 7 heteroatoms. The van der Waals surface area contributed by atoms with Crippen LogP contribution in [0.3, 0.4) is 0 Å². The lowest BCUT2D eigenvalue weighted by molar-refractivity contribution is 0.0776. The van der Waals surface area contributed by atoms with Gasteiger partial charge >= 0.3 is 0 Å². The zero-order valence-electron chi connectivity index (χ0n) is 14.1. The van der Waals surface area contributed by atoms with Crippen LogP contribution in [0.4, 0.5) is 0 Å². The maximum absolute atomic E-state index is 12.7. The summed E-state index contributed by atoms with van der Waals surface area (Å²) in [6.07, 6.45) is 5.84. The fourth-order valence-electron chi connectivity index (χ4n) is 4.21. The Hall–Kier alpha value is -2.41. The van der Waals surface area contributed by atoms with Crippen LogP contribution in [0.1, 0.15) is 29.2 Å². The Morgan fingerprint density at radius 1 is 1.28 bits per heavy atom. The average molecular weight is 353 g/mol. The highest BCUT2D eigenvalue weighted by Crippen LogP contribution is 2.44. The van der Waals surface area contributed by atoms with E-state index in [4.69, 9.17) is 4.98 Å². The molecule has 5 rings (SSSR count). The smallest absolute Gasteiger partial charge is 0.274 e. The third-order valence-corrected chi connectivity index (χ3v) is 6.38. The molecule has 1 unspecified atom stereocenters. The Balaban J connectivity index is 1.43. The number of aromatic nitrogens is 4. The maximum atomic E-state index is 12.7. The first-order chi connectivity index (χ1) is 12.2. The summed E-state index contributed by atoms with van der Waals surface area (Å²) >= 11 is 1.75. The Morgan fingerprint density at radius 2 is 2.16 bits per heavy atom. The van der Waals surface area contributed by atoms with Gasteiger partial charge in [-0.25, -0.2) is 4.98 Å². The normalized spacial score (nSPS) is 22.0. The van der Waals surface area contributed by atoms with Crippen LogP contribution in [0.2, 0.25) is 0 Å². The molecule has 2 aliphatic heterocycles. The summed E-state index contributed by atoms with van der Waals surface area (Å²) in [7, 11) is 1.84. The Kier molecular flexibility index (Phi) is 3.15. The molecule has 0 bridgehead atoms. The largest absolute Gasteiger partial charge is 0.336 e. The van der Waals surface area contributed by atoms with Crippen molar-refractivity contribution < 1.29 is 4.79 Å². The van der Waals surface area contributed by atoms with E-state index in [2.05, 4.69) is 27.2 Å². The van der Waals surface area contributed by atoms with E-state index in [0.717, 1.165) is 38.3 Å². The summed E-state index contributed by atoms with van der Waals surface area (Å²) < 4.78 is 4.02. The number of nitrogens with zero attached hydrogens (tertiary/aromatic N) is 5. The van der Waals surface area contributed by atoms with Crippen molar-refractivity contribution in [2.45, 2.75) is 24.8 Å². The van der Waals surface area contributed by atoms with E-state index in [1.165, 1.54) is 10.6 Å². The van der Waals surface area contributed by atoms with Crippen LogP contribution in [0.25, 0.3) is 10.6 Å². The molecule has 5 heterocycles. The summed E-state index contributed by atoms with van der Waals surface area (Å²) in [6.45, 7) is 2.49. The molecule has 3 aromatic heterocycles. The van der Waals surface area contributed by atoms with Crippen LogP contribution < -0.4 is 0 Å². The minimum absolute atomic E-state index is 0.0000497. The summed E-state index contributed by atoms with van der Waals surface area (Å²) in [4.78, 5) is 20.7. The van der Waals surface area contributed by atoms with E-state index >= 15 is 0 Å². The molecule has 0 N–H and O–H groups in total. The number of likely N-dealkylation sites (tertiary alicyclic amines) is 1. The molecule has 25 heavy (non-hydrogen) atoms. The van der Waals surface area contributed by atoms with Crippen molar-refractivity contribution in [2.24, 2.45) is 7.05 Å². The van der Waals surface area contributed by atoms with Gasteiger partial charge in [-0.1, -0.05) is 6.07 Å². The lowest BCUT2D eigenvalue weighted by Crippen LogP contribution is -2.34. The number of imidazole rings is 1. The number of hydrogen-bond donors (Lipinski definition) is 0. The second kappa shape index (κ2) is 5.29. The Morgan fingerprint density at radius 3 is 2.92 bits per heavy atom. The quantitative estimate of drug-likeness (QED) is 0.711. The van der Waals surface area contributed by atoms with Crippen LogP contribution in [-0.2, 0) is 19.0 Å². The van der Waals surface area contributed by atoms with Gasteiger partial charge in [0.05, 0.1) is 16.8 Å². The molecule has 1 saturated heterocycles. The minimum atomic E-state index is -0.0000497. The summed E-state index contributed by atoms with van der Waals surface area (Å²) in [5, 5.41) is 6.36. The van der Waals surface area contributed by atoms with E-state index in [1.807, 2.05) is 24.3 Å². The predicted octanol–water partition coefficient (Wildman–Crippen LogP) is 2.53. The van der Waals surface area contributed by atoms with Crippen LogP contribution >= 0.6 is 11.3 Å². The molecular weight excluding hydrogens is 334 g/mol. The summed E-state index contributed by atoms with van der Waals surface area (Å²) in [5.74, 6) is 1.17. The number of amides is 1. The van der Waals surface area contributed by atoms with Crippen LogP contribution in [-0.4, -0.2) is 43.2 Å². The molecule has 6 nitrogen and oxygen atoms in total. The van der Waals surface area contributed by atoms with Crippen molar-refractivity contribution in [2.75, 3.05) is 13.1 Å². The highest BCUT2D eigenvalue weighted by molar-refractivity contribution is 7.13. The number of carbonyl (C=O) groups excluding carboxylic acids is 1. The van der Waals surface area contributed by atoms with Gasteiger partial charge in [0.2, 0.25) is 0 Å². The van der Waals surface area contributed by atoms with Crippen LogP contribution in [0.15, 0.2) is 36.0 Å². The second-order valence-electron chi connectivity index (χ2n) is 6.98. The third-order valence-electron chi connectivity index (χ3n) is 5.49. The van der Waals surface area contributed by atoms with Crippen molar-refractivity contribution in [3.8, 4) is 10.6 Å². The lowest BCUT2D eigenvalue weighted by Gasteiger charge is -2.22. The van der Waals surface area contributed by atoms with Gasteiger partial charge in [-0.05, 0) is 30.4 Å². The molecule has 0 aliphatic carbocycles. The average Bonchev–Trinajstić information content (AvgIpc) is 3.39. The lowest BCUT2D eigenvalue weighted by atomic mass is 9.85. The minimum Gasteiger partial charge on any atom is -0.336 e. The fraction of sp³-hybridized carbons (Fsp3) is 0.389. The molecule has 1 spiro atoms. The highest BCUT2D eigenvalue weighted by atomic mass is 32.1. The molecule has 1 fully saturated rings. The summed E-state index contributed by atoms with van der Waals surface area (Å²) in [5.41, 5.74) is 1.73. The van der Waals surface area contributed by atoms with E-state index in [0.29, 0.717) is 5.69 Å². The van der Waals surface area contributed by atoms with E-state index in [-0.39, 0.29) is 11.3 Å². The fourth-order valence-corrected chi connectivity index (χ4v) is 4.95. The molecule has 0 aromatic carbocycles. The SMILES string of the molecule is Cn1ccc(C(=O)N2CCC3(CCn4c(-c5cccs5)cnc43)C2)n1. The molecule has 2 aliphatic rings. The summed E-state index contributed by atoms with van der Waals surface area (Å²) in [6, 6.07) is 6.01. The molecule has 0 saturated carbocycles. The zero-order valence-corrected chi connectivity index (χ0v) is 14.9. The number of thiophene rings is 1. The molecular formula is C18H19N5OS. The number of aryl methyl sites for hydroxylation is 1. The van der Waals surface area contributed by atoms with Crippen molar-refractivity contribution in [1.82, 2.24) is 24.2 Å². The van der Waals surface area contributed by atoms with E-state index in [1.54, 1.807) is 22.1 Å². The number of hydrogen-bond acceptors (Lipinski definition) is 4. The monoisotopic (exact) mass is 353 g/mol. The van der Waals surface area contributed by atoms with E-state index < -0.39 is 0 Å². The molecule has 0 radical (unpaired) electrons. The first-order valence-corrected chi connectivity index (χ1v) is 9.43. The van der Waals surface area contributed by atoms with Crippen LogP contribution in [0.5, 0.6) is 0 Å². The van der Waals surface area contributed by atoms with Gasteiger partial charge < -0.3 is 9.47 Å². The number of rotatable bonds is 2. The Bertz CT molecular complexity index is 941. The van der Waals surface area contributed by atoms with Crippen LogP contribution in [0, 0.1) is 0 Å². The van der Waals surface area contributed by atoms with Crippen molar-refractivity contribution in [3.63, 3.8) is 0 Å². The molecule has 1 amide bonds. The van der Waals surface area contributed by atoms with Gasteiger partial charge in [-0.3, -0.25) is 9.48 Å². The van der Waals surface area contributed by atoms with Crippen molar-refractivity contribution in [1.29, 1.82) is 0 Å². The standard InChI is InChI=1S/C18H19N5OS/c1-21-7-4-13(20-21)16(24)22-8-5-18(12-22)6-9-23-14(11-19-17(18)23)15-3-2-10-25-15/h2-4,7,10-11H,5-6,8-9,12H2,1H3. The predicted molar refractivity (Wildman–Crippen MR) is 95.6 cm³/mol. The van der Waals surface area contributed by atoms with Gasteiger partial charge in [0, 0.05) is 38.3 Å². The van der Waals surface area contributed by atoms with Gasteiger partial charge in [-0.15, -0.1) is 11.3 Å². The first kappa shape index (κ1) is 14.9. The molecule has 3 aromatic rings. The second-order valence-corrected chi connectivity index (χ2v) is 7.93.